The third kappa shape index (κ3) is 4.92. The first kappa shape index (κ1) is 18.7. The molecule has 1 aliphatic heterocycles. The SMILES string of the molecule is CCc1ccc([C@@H](CF)N2CCNCC2)cc1.Cl.Cl. The smallest absolute Gasteiger partial charge is 0.109 e. The van der Waals surface area contributed by atoms with Crippen molar-refractivity contribution in [3.8, 4) is 0 Å². The van der Waals surface area contributed by atoms with E-state index in [9.17, 15) is 4.39 Å². The normalized spacial score (nSPS) is 17.2. The molecule has 1 fully saturated rings. The number of piperazine rings is 1. The minimum Gasteiger partial charge on any atom is -0.314 e. The van der Waals surface area contributed by atoms with Gasteiger partial charge in [0.25, 0.3) is 0 Å². The fourth-order valence-electron chi connectivity index (χ4n) is 2.37. The lowest BCUT2D eigenvalue weighted by Crippen LogP contribution is -2.45. The van der Waals surface area contributed by atoms with Crippen molar-refractivity contribution < 1.29 is 4.39 Å². The predicted octanol–water partition coefficient (Wildman–Crippen LogP) is 3.01. The molecular weight excluding hydrogens is 286 g/mol. The van der Waals surface area contributed by atoms with Crippen LogP contribution in [0.4, 0.5) is 4.39 Å². The van der Waals surface area contributed by atoms with Crippen molar-refractivity contribution >= 4 is 24.8 Å². The van der Waals surface area contributed by atoms with Crippen LogP contribution in [0.15, 0.2) is 24.3 Å². The predicted molar refractivity (Wildman–Crippen MR) is 83.5 cm³/mol. The first-order chi connectivity index (χ1) is 8.35. The highest BCUT2D eigenvalue weighted by Gasteiger charge is 2.21. The van der Waals surface area contributed by atoms with Crippen LogP contribution in [-0.2, 0) is 6.42 Å². The molecule has 0 saturated carbocycles. The van der Waals surface area contributed by atoms with Gasteiger partial charge in [0.1, 0.15) is 6.67 Å². The molecule has 5 heteroatoms. The Morgan fingerprint density at radius 1 is 1.16 bits per heavy atom. The second kappa shape index (κ2) is 9.54. The van der Waals surface area contributed by atoms with E-state index in [1.165, 1.54) is 5.56 Å². The van der Waals surface area contributed by atoms with E-state index >= 15 is 0 Å². The van der Waals surface area contributed by atoms with Crippen molar-refractivity contribution in [2.24, 2.45) is 0 Å². The number of rotatable bonds is 4. The summed E-state index contributed by atoms with van der Waals surface area (Å²) < 4.78 is 13.2. The molecule has 2 nitrogen and oxygen atoms in total. The van der Waals surface area contributed by atoms with E-state index in [0.29, 0.717) is 0 Å². The van der Waals surface area contributed by atoms with Crippen LogP contribution in [0.25, 0.3) is 0 Å². The number of benzene rings is 1. The van der Waals surface area contributed by atoms with Gasteiger partial charge < -0.3 is 5.32 Å². The average molecular weight is 309 g/mol. The van der Waals surface area contributed by atoms with Crippen LogP contribution in [0.5, 0.6) is 0 Å². The van der Waals surface area contributed by atoms with Gasteiger partial charge >= 0.3 is 0 Å². The topological polar surface area (TPSA) is 15.3 Å². The van der Waals surface area contributed by atoms with Crippen molar-refractivity contribution in [3.63, 3.8) is 0 Å². The van der Waals surface area contributed by atoms with Crippen LogP contribution in [0.1, 0.15) is 24.1 Å². The standard InChI is InChI=1S/C14H21FN2.2ClH/c1-2-12-3-5-13(6-4-12)14(11-15)17-9-7-16-8-10-17;;/h3-6,14,16H,2,7-11H2,1H3;2*1H/t14-;;/m1../s1. The minimum atomic E-state index is -0.300. The van der Waals surface area contributed by atoms with Crippen LogP contribution in [-0.4, -0.2) is 37.8 Å². The number of nitrogens with zero attached hydrogens (tertiary/aromatic N) is 1. The maximum atomic E-state index is 13.2. The molecule has 1 heterocycles. The lowest BCUT2D eigenvalue weighted by molar-refractivity contribution is 0.147. The van der Waals surface area contributed by atoms with E-state index < -0.39 is 0 Å². The molecule has 1 N–H and O–H groups in total. The van der Waals surface area contributed by atoms with Crippen molar-refractivity contribution in [3.05, 3.63) is 35.4 Å². The van der Waals surface area contributed by atoms with Gasteiger partial charge in [0.05, 0.1) is 6.04 Å². The number of aryl methyl sites for hydroxylation is 1. The summed E-state index contributed by atoms with van der Waals surface area (Å²) in [5.41, 5.74) is 2.42. The Balaban J connectivity index is 0.00000162. The monoisotopic (exact) mass is 308 g/mol. The molecule has 1 atom stereocenters. The highest BCUT2D eigenvalue weighted by molar-refractivity contribution is 5.85. The molecule has 2 rings (SSSR count). The molecule has 1 aliphatic rings. The van der Waals surface area contributed by atoms with Crippen LogP contribution >= 0.6 is 24.8 Å². The quantitative estimate of drug-likeness (QED) is 0.920. The summed E-state index contributed by atoms with van der Waals surface area (Å²) in [5, 5.41) is 3.30. The van der Waals surface area contributed by atoms with Gasteiger partial charge in [-0.05, 0) is 17.5 Å². The zero-order valence-corrected chi connectivity index (χ0v) is 12.9. The van der Waals surface area contributed by atoms with Gasteiger partial charge in [-0.25, -0.2) is 4.39 Å². The van der Waals surface area contributed by atoms with Crippen molar-refractivity contribution in [2.45, 2.75) is 19.4 Å². The Morgan fingerprint density at radius 3 is 2.21 bits per heavy atom. The van der Waals surface area contributed by atoms with Crippen molar-refractivity contribution in [1.29, 1.82) is 0 Å². The molecule has 0 aromatic heterocycles. The van der Waals surface area contributed by atoms with Crippen molar-refractivity contribution in [2.75, 3.05) is 32.9 Å². The Morgan fingerprint density at radius 2 is 1.74 bits per heavy atom. The molecule has 1 aromatic carbocycles. The molecule has 0 amide bonds. The summed E-state index contributed by atoms with van der Waals surface area (Å²) in [6, 6.07) is 8.30. The molecule has 1 saturated heterocycles. The number of hydrogen-bond donors (Lipinski definition) is 1. The average Bonchev–Trinajstić information content (AvgIpc) is 2.42. The van der Waals surface area contributed by atoms with E-state index in [1.54, 1.807) is 0 Å². The molecule has 0 spiro atoms. The highest BCUT2D eigenvalue weighted by Crippen LogP contribution is 2.22. The molecule has 110 valence electrons. The Hall–Kier alpha value is -0.350. The molecule has 0 bridgehead atoms. The molecule has 0 radical (unpaired) electrons. The van der Waals surface area contributed by atoms with E-state index in [0.717, 1.165) is 38.2 Å². The molecule has 19 heavy (non-hydrogen) atoms. The third-order valence-electron chi connectivity index (χ3n) is 3.51. The van der Waals surface area contributed by atoms with Crippen LogP contribution < -0.4 is 5.32 Å². The van der Waals surface area contributed by atoms with Crippen LogP contribution in [0.3, 0.4) is 0 Å². The van der Waals surface area contributed by atoms with Crippen molar-refractivity contribution in [1.82, 2.24) is 10.2 Å². The van der Waals surface area contributed by atoms with Crippen LogP contribution in [0.2, 0.25) is 0 Å². The van der Waals surface area contributed by atoms with Gasteiger partial charge in [0.15, 0.2) is 0 Å². The van der Waals surface area contributed by atoms with Gasteiger partial charge in [0.2, 0.25) is 0 Å². The fourth-order valence-corrected chi connectivity index (χ4v) is 2.37. The Bertz CT molecular complexity index is 340. The number of alkyl halides is 1. The zero-order chi connectivity index (χ0) is 12.1. The first-order valence-electron chi connectivity index (χ1n) is 6.44. The molecule has 0 aliphatic carbocycles. The van der Waals surface area contributed by atoms with E-state index in [-0.39, 0.29) is 37.5 Å². The van der Waals surface area contributed by atoms with E-state index in [1.807, 2.05) is 0 Å². The van der Waals surface area contributed by atoms with Gasteiger partial charge in [-0.1, -0.05) is 31.2 Å². The zero-order valence-electron chi connectivity index (χ0n) is 11.3. The third-order valence-corrected chi connectivity index (χ3v) is 3.51. The fraction of sp³-hybridized carbons (Fsp3) is 0.571. The largest absolute Gasteiger partial charge is 0.314 e. The van der Waals surface area contributed by atoms with E-state index in [4.69, 9.17) is 0 Å². The second-order valence-electron chi connectivity index (χ2n) is 4.55. The second-order valence-corrected chi connectivity index (χ2v) is 4.55. The van der Waals surface area contributed by atoms with Gasteiger partial charge in [-0.3, -0.25) is 4.90 Å². The van der Waals surface area contributed by atoms with Gasteiger partial charge in [0, 0.05) is 26.2 Å². The lowest BCUT2D eigenvalue weighted by atomic mass is 10.0. The lowest BCUT2D eigenvalue weighted by Gasteiger charge is -2.33. The molecule has 0 unspecified atom stereocenters. The van der Waals surface area contributed by atoms with Crippen LogP contribution in [0, 0.1) is 0 Å². The minimum absolute atomic E-state index is 0. The number of halogens is 3. The molecule has 1 aromatic rings. The summed E-state index contributed by atoms with van der Waals surface area (Å²) in [6.07, 6.45) is 1.04. The Kier molecular flexibility index (Phi) is 9.36. The summed E-state index contributed by atoms with van der Waals surface area (Å²) in [4.78, 5) is 2.23. The highest BCUT2D eigenvalue weighted by atomic mass is 35.5. The first-order valence-corrected chi connectivity index (χ1v) is 6.44. The summed E-state index contributed by atoms with van der Waals surface area (Å²) >= 11 is 0. The maximum Gasteiger partial charge on any atom is 0.109 e. The summed E-state index contributed by atoms with van der Waals surface area (Å²) in [6.45, 7) is 5.63. The van der Waals surface area contributed by atoms with E-state index in [2.05, 4.69) is 41.4 Å². The Labute approximate surface area is 127 Å². The number of nitrogens with one attached hydrogen (secondary N) is 1. The summed E-state index contributed by atoms with van der Waals surface area (Å²) in [5.74, 6) is 0. The number of hydrogen-bond acceptors (Lipinski definition) is 2. The molecular formula is C14H23Cl2FN2. The van der Waals surface area contributed by atoms with Gasteiger partial charge in [-0.15, -0.1) is 24.8 Å². The maximum absolute atomic E-state index is 13.2. The summed E-state index contributed by atoms with van der Waals surface area (Å²) in [7, 11) is 0. The van der Waals surface area contributed by atoms with Gasteiger partial charge in [-0.2, -0.15) is 0 Å².